The third kappa shape index (κ3) is 4.47. The van der Waals surface area contributed by atoms with Gasteiger partial charge in [-0.3, -0.25) is 0 Å². The molecule has 3 aliphatic carbocycles. The fourth-order valence-corrected chi connectivity index (χ4v) is 5.75. The highest BCUT2D eigenvalue weighted by atomic mass is 14.6. The van der Waals surface area contributed by atoms with Gasteiger partial charge in [0.15, 0.2) is 0 Å². The van der Waals surface area contributed by atoms with Gasteiger partial charge in [0, 0.05) is 6.04 Å². The lowest BCUT2D eigenvalue weighted by molar-refractivity contribution is 0.0762. The van der Waals surface area contributed by atoms with Gasteiger partial charge in [0.1, 0.15) is 0 Å². The van der Waals surface area contributed by atoms with Crippen LogP contribution in [0, 0.1) is 17.3 Å². The van der Waals surface area contributed by atoms with Crippen molar-refractivity contribution in [3.63, 3.8) is 0 Å². The molecular formula is C20H37N. The van der Waals surface area contributed by atoms with E-state index in [4.69, 9.17) is 5.73 Å². The Labute approximate surface area is 132 Å². The van der Waals surface area contributed by atoms with Crippen LogP contribution < -0.4 is 5.73 Å². The van der Waals surface area contributed by atoms with Crippen molar-refractivity contribution in [2.75, 3.05) is 0 Å². The van der Waals surface area contributed by atoms with Crippen molar-refractivity contribution in [2.24, 2.45) is 23.0 Å². The summed E-state index contributed by atoms with van der Waals surface area (Å²) in [7, 11) is 0. The molecule has 3 rings (SSSR count). The van der Waals surface area contributed by atoms with Gasteiger partial charge in [-0.05, 0) is 55.8 Å². The molecule has 2 N–H and O–H groups in total. The van der Waals surface area contributed by atoms with Crippen LogP contribution in [0.5, 0.6) is 0 Å². The average molecular weight is 292 g/mol. The van der Waals surface area contributed by atoms with Crippen LogP contribution in [0.3, 0.4) is 0 Å². The van der Waals surface area contributed by atoms with Crippen molar-refractivity contribution in [2.45, 2.75) is 109 Å². The van der Waals surface area contributed by atoms with Crippen molar-refractivity contribution >= 4 is 0 Å². The second-order valence-corrected chi connectivity index (χ2v) is 8.75. The van der Waals surface area contributed by atoms with Crippen LogP contribution in [0.2, 0.25) is 0 Å². The third-order valence-electron chi connectivity index (χ3n) is 6.98. The zero-order valence-corrected chi connectivity index (χ0v) is 14.1. The highest BCUT2D eigenvalue weighted by molar-refractivity contribution is 4.91. The predicted molar refractivity (Wildman–Crippen MR) is 91.3 cm³/mol. The number of nitrogens with two attached hydrogens (primary N) is 1. The zero-order valence-electron chi connectivity index (χ0n) is 14.1. The molecule has 0 saturated heterocycles. The van der Waals surface area contributed by atoms with Crippen LogP contribution in [0.4, 0.5) is 0 Å². The molecule has 21 heavy (non-hydrogen) atoms. The zero-order chi connectivity index (χ0) is 14.5. The lowest BCUT2D eigenvalue weighted by Gasteiger charge is -2.45. The van der Waals surface area contributed by atoms with Crippen molar-refractivity contribution in [1.29, 1.82) is 0 Å². The smallest absolute Gasteiger partial charge is 0.00392 e. The minimum Gasteiger partial charge on any atom is -0.328 e. The molecule has 0 heterocycles. The van der Waals surface area contributed by atoms with Crippen LogP contribution in [0.25, 0.3) is 0 Å². The van der Waals surface area contributed by atoms with Crippen LogP contribution in [0.15, 0.2) is 0 Å². The Morgan fingerprint density at radius 1 is 0.619 bits per heavy atom. The van der Waals surface area contributed by atoms with Gasteiger partial charge in [0.25, 0.3) is 0 Å². The van der Waals surface area contributed by atoms with E-state index < -0.39 is 0 Å². The summed E-state index contributed by atoms with van der Waals surface area (Å²) >= 11 is 0. The number of hydrogen-bond acceptors (Lipinski definition) is 1. The summed E-state index contributed by atoms with van der Waals surface area (Å²) in [5.74, 6) is 2.10. The SMILES string of the molecule is NC1CCC(CC2CCCCC2)(CC2CCCCC2)CC1. The van der Waals surface area contributed by atoms with Gasteiger partial charge in [-0.25, -0.2) is 0 Å². The van der Waals surface area contributed by atoms with E-state index in [1.165, 1.54) is 89.9 Å². The molecule has 0 amide bonds. The van der Waals surface area contributed by atoms with Crippen LogP contribution in [-0.4, -0.2) is 6.04 Å². The van der Waals surface area contributed by atoms with E-state index in [9.17, 15) is 0 Å². The molecule has 0 atom stereocenters. The van der Waals surface area contributed by atoms with E-state index in [1.807, 2.05) is 0 Å². The molecule has 122 valence electrons. The minimum atomic E-state index is 0.510. The van der Waals surface area contributed by atoms with Crippen LogP contribution in [-0.2, 0) is 0 Å². The standard InChI is InChI=1S/C20H37N/c21-19-11-13-20(14-12-19,15-17-7-3-1-4-8-17)16-18-9-5-2-6-10-18/h17-19H,1-16,21H2. The van der Waals surface area contributed by atoms with Crippen molar-refractivity contribution in [3.05, 3.63) is 0 Å². The molecule has 0 spiro atoms. The third-order valence-corrected chi connectivity index (χ3v) is 6.98. The monoisotopic (exact) mass is 291 g/mol. The fourth-order valence-electron chi connectivity index (χ4n) is 5.75. The molecule has 3 aliphatic rings. The molecule has 0 radical (unpaired) electrons. The first-order chi connectivity index (χ1) is 10.3. The van der Waals surface area contributed by atoms with Gasteiger partial charge < -0.3 is 5.73 Å². The number of hydrogen-bond donors (Lipinski definition) is 1. The quantitative estimate of drug-likeness (QED) is 0.694. The second-order valence-electron chi connectivity index (χ2n) is 8.75. The summed E-state index contributed by atoms with van der Waals surface area (Å²) in [6.07, 6.45) is 23.7. The topological polar surface area (TPSA) is 26.0 Å². The first-order valence-corrected chi connectivity index (χ1v) is 10.0. The van der Waals surface area contributed by atoms with Crippen LogP contribution in [0.1, 0.15) is 103 Å². The Morgan fingerprint density at radius 2 is 1.05 bits per heavy atom. The number of rotatable bonds is 4. The lowest BCUT2D eigenvalue weighted by Crippen LogP contribution is -2.37. The predicted octanol–water partition coefficient (Wildman–Crippen LogP) is 5.81. The van der Waals surface area contributed by atoms with E-state index in [2.05, 4.69) is 0 Å². The normalized spacial score (nSPS) is 29.6. The Bertz CT molecular complexity index is 269. The molecule has 0 aromatic heterocycles. The molecule has 3 saturated carbocycles. The Hall–Kier alpha value is -0.0400. The minimum absolute atomic E-state index is 0.510. The largest absolute Gasteiger partial charge is 0.328 e. The first kappa shape index (κ1) is 15.8. The summed E-state index contributed by atoms with van der Waals surface area (Å²) in [5, 5.41) is 0. The molecule has 0 bridgehead atoms. The van der Waals surface area contributed by atoms with E-state index >= 15 is 0 Å². The molecule has 3 fully saturated rings. The van der Waals surface area contributed by atoms with Crippen molar-refractivity contribution < 1.29 is 0 Å². The van der Waals surface area contributed by atoms with E-state index in [0.717, 1.165) is 11.8 Å². The van der Waals surface area contributed by atoms with Gasteiger partial charge in [0.2, 0.25) is 0 Å². The van der Waals surface area contributed by atoms with E-state index in [0.29, 0.717) is 11.5 Å². The van der Waals surface area contributed by atoms with Crippen molar-refractivity contribution in [1.82, 2.24) is 0 Å². The Morgan fingerprint density at radius 3 is 1.48 bits per heavy atom. The molecular weight excluding hydrogens is 254 g/mol. The van der Waals surface area contributed by atoms with E-state index in [-0.39, 0.29) is 0 Å². The summed E-state index contributed by atoms with van der Waals surface area (Å²) < 4.78 is 0. The highest BCUT2D eigenvalue weighted by Gasteiger charge is 2.38. The Kier molecular flexibility index (Phi) is 5.65. The maximum absolute atomic E-state index is 6.22. The van der Waals surface area contributed by atoms with Crippen molar-refractivity contribution in [3.8, 4) is 0 Å². The lowest BCUT2D eigenvalue weighted by atomic mass is 9.61. The second kappa shape index (κ2) is 7.49. The maximum Gasteiger partial charge on any atom is 0.00392 e. The summed E-state index contributed by atoms with van der Waals surface area (Å²) in [4.78, 5) is 0. The highest BCUT2D eigenvalue weighted by Crippen LogP contribution is 2.49. The molecule has 1 heteroatoms. The van der Waals surface area contributed by atoms with Crippen LogP contribution >= 0.6 is 0 Å². The molecule has 0 aromatic carbocycles. The van der Waals surface area contributed by atoms with Gasteiger partial charge in [-0.15, -0.1) is 0 Å². The van der Waals surface area contributed by atoms with Gasteiger partial charge in [0.05, 0.1) is 0 Å². The maximum atomic E-state index is 6.22. The summed E-state index contributed by atoms with van der Waals surface area (Å²) in [6, 6.07) is 0.510. The summed E-state index contributed by atoms with van der Waals surface area (Å²) in [6.45, 7) is 0. The average Bonchev–Trinajstić information content (AvgIpc) is 2.52. The molecule has 0 unspecified atom stereocenters. The summed E-state index contributed by atoms with van der Waals surface area (Å²) in [5.41, 5.74) is 6.92. The Balaban J connectivity index is 1.61. The van der Waals surface area contributed by atoms with E-state index in [1.54, 1.807) is 12.8 Å². The van der Waals surface area contributed by atoms with Gasteiger partial charge in [-0.2, -0.15) is 0 Å². The fraction of sp³-hybridized carbons (Fsp3) is 1.00. The molecule has 1 nitrogen and oxygen atoms in total. The van der Waals surface area contributed by atoms with Gasteiger partial charge in [-0.1, -0.05) is 64.2 Å². The molecule has 0 aliphatic heterocycles. The first-order valence-electron chi connectivity index (χ1n) is 10.0. The molecule has 0 aromatic rings. The van der Waals surface area contributed by atoms with Gasteiger partial charge >= 0.3 is 0 Å².